The monoisotopic (exact) mass is 296 g/mol. The minimum Gasteiger partial charge on any atom is -0.354 e. The van der Waals surface area contributed by atoms with Gasteiger partial charge in [-0.05, 0) is 23.8 Å². The number of halogens is 3. The van der Waals surface area contributed by atoms with Crippen molar-refractivity contribution in [3.05, 3.63) is 70.5 Å². The molecule has 1 fully saturated rings. The SMILES string of the molecule is Fc1ccc([C@@]2(CCl)O[C@@H]2c2ccccc2Cl)cc1. The Morgan fingerprint density at radius 1 is 1.11 bits per heavy atom. The van der Waals surface area contributed by atoms with Gasteiger partial charge in [-0.2, -0.15) is 0 Å². The van der Waals surface area contributed by atoms with Crippen molar-refractivity contribution in [3.63, 3.8) is 0 Å². The third-order valence-electron chi connectivity index (χ3n) is 3.41. The Kier molecular flexibility index (Phi) is 3.25. The Balaban J connectivity index is 1.96. The van der Waals surface area contributed by atoms with Gasteiger partial charge in [-0.3, -0.25) is 0 Å². The molecule has 3 rings (SSSR count). The Labute approximate surface area is 120 Å². The predicted molar refractivity (Wildman–Crippen MR) is 74.1 cm³/mol. The topological polar surface area (TPSA) is 12.5 Å². The number of epoxide rings is 1. The smallest absolute Gasteiger partial charge is 0.138 e. The van der Waals surface area contributed by atoms with Crippen LogP contribution in [0.4, 0.5) is 4.39 Å². The highest BCUT2D eigenvalue weighted by atomic mass is 35.5. The van der Waals surface area contributed by atoms with Crippen LogP contribution in [0.3, 0.4) is 0 Å². The van der Waals surface area contributed by atoms with Crippen molar-refractivity contribution < 1.29 is 9.13 Å². The molecule has 0 N–H and O–H groups in total. The fraction of sp³-hybridized carbons (Fsp3) is 0.200. The van der Waals surface area contributed by atoms with Crippen LogP contribution in [0.15, 0.2) is 48.5 Å². The number of ether oxygens (including phenoxy) is 1. The molecule has 0 amide bonds. The zero-order valence-electron chi connectivity index (χ0n) is 9.95. The summed E-state index contributed by atoms with van der Waals surface area (Å²) in [5.41, 5.74) is 1.18. The molecule has 0 saturated carbocycles. The van der Waals surface area contributed by atoms with Crippen molar-refractivity contribution in [2.45, 2.75) is 11.7 Å². The molecule has 4 heteroatoms. The summed E-state index contributed by atoms with van der Waals surface area (Å²) < 4.78 is 18.8. The van der Waals surface area contributed by atoms with Crippen LogP contribution in [-0.4, -0.2) is 5.88 Å². The summed E-state index contributed by atoms with van der Waals surface area (Å²) in [6, 6.07) is 13.8. The van der Waals surface area contributed by atoms with Gasteiger partial charge in [0.2, 0.25) is 0 Å². The first-order chi connectivity index (χ1) is 9.17. The summed E-state index contributed by atoms with van der Waals surface area (Å²) in [6.07, 6.45) is -0.177. The molecule has 1 heterocycles. The standard InChI is InChI=1S/C15H11Cl2FO/c16-9-15(10-5-7-11(18)8-6-10)14(19-15)12-3-1-2-4-13(12)17/h1-8,14H,9H2/t14-,15-/m1/s1. The van der Waals surface area contributed by atoms with Crippen LogP contribution in [0.5, 0.6) is 0 Å². The van der Waals surface area contributed by atoms with Crippen molar-refractivity contribution in [1.82, 2.24) is 0 Å². The van der Waals surface area contributed by atoms with Gasteiger partial charge in [-0.15, -0.1) is 11.6 Å². The molecular formula is C15H11Cl2FO. The van der Waals surface area contributed by atoms with Crippen LogP contribution < -0.4 is 0 Å². The molecule has 2 aromatic rings. The molecule has 1 aliphatic heterocycles. The lowest BCUT2D eigenvalue weighted by Crippen LogP contribution is -2.12. The van der Waals surface area contributed by atoms with Gasteiger partial charge in [-0.25, -0.2) is 4.39 Å². The summed E-state index contributed by atoms with van der Waals surface area (Å²) in [7, 11) is 0. The van der Waals surface area contributed by atoms with Gasteiger partial charge in [0.15, 0.2) is 0 Å². The maximum atomic E-state index is 13.0. The van der Waals surface area contributed by atoms with Crippen molar-refractivity contribution in [2.75, 3.05) is 5.88 Å². The van der Waals surface area contributed by atoms with Gasteiger partial charge in [0.05, 0.1) is 5.88 Å². The number of benzene rings is 2. The van der Waals surface area contributed by atoms with E-state index >= 15 is 0 Å². The molecule has 19 heavy (non-hydrogen) atoms. The molecule has 1 nitrogen and oxygen atoms in total. The number of rotatable bonds is 3. The van der Waals surface area contributed by atoms with Crippen LogP contribution in [0, 0.1) is 5.82 Å². The van der Waals surface area contributed by atoms with Crippen molar-refractivity contribution >= 4 is 23.2 Å². The molecule has 0 spiro atoms. The van der Waals surface area contributed by atoms with Crippen molar-refractivity contribution in [3.8, 4) is 0 Å². The van der Waals surface area contributed by atoms with E-state index in [2.05, 4.69) is 0 Å². The van der Waals surface area contributed by atoms with Gasteiger partial charge < -0.3 is 4.74 Å². The van der Waals surface area contributed by atoms with E-state index in [1.54, 1.807) is 12.1 Å². The van der Waals surface area contributed by atoms with E-state index in [4.69, 9.17) is 27.9 Å². The number of hydrogen-bond donors (Lipinski definition) is 0. The Bertz CT molecular complexity index is 599. The largest absolute Gasteiger partial charge is 0.354 e. The van der Waals surface area contributed by atoms with Crippen molar-refractivity contribution in [1.29, 1.82) is 0 Å². The summed E-state index contributed by atoms with van der Waals surface area (Å²) in [5.74, 6) is 0.0255. The van der Waals surface area contributed by atoms with E-state index in [-0.39, 0.29) is 11.9 Å². The number of alkyl halides is 1. The highest BCUT2D eigenvalue weighted by molar-refractivity contribution is 6.31. The molecule has 0 unspecified atom stereocenters. The molecule has 2 atom stereocenters. The van der Waals surface area contributed by atoms with Gasteiger partial charge in [0.1, 0.15) is 17.5 Å². The third-order valence-corrected chi connectivity index (χ3v) is 4.15. The van der Waals surface area contributed by atoms with Crippen LogP contribution in [0.2, 0.25) is 5.02 Å². The van der Waals surface area contributed by atoms with E-state index in [1.807, 2.05) is 24.3 Å². The summed E-state index contributed by atoms with van der Waals surface area (Å²) >= 11 is 12.2. The second-order valence-electron chi connectivity index (χ2n) is 4.55. The summed E-state index contributed by atoms with van der Waals surface area (Å²) in [4.78, 5) is 0. The van der Waals surface area contributed by atoms with E-state index in [0.717, 1.165) is 11.1 Å². The molecule has 2 aromatic carbocycles. The van der Waals surface area contributed by atoms with Gasteiger partial charge in [0.25, 0.3) is 0 Å². The minimum atomic E-state index is -0.597. The summed E-state index contributed by atoms with van der Waals surface area (Å²) in [6.45, 7) is 0. The maximum absolute atomic E-state index is 13.0. The first kappa shape index (κ1) is 12.9. The van der Waals surface area contributed by atoms with E-state index in [0.29, 0.717) is 10.9 Å². The second-order valence-corrected chi connectivity index (χ2v) is 5.22. The molecule has 0 bridgehead atoms. The van der Waals surface area contributed by atoms with Gasteiger partial charge in [-0.1, -0.05) is 41.9 Å². The molecule has 1 aliphatic rings. The first-order valence-corrected chi connectivity index (χ1v) is 6.83. The van der Waals surface area contributed by atoms with E-state index in [1.165, 1.54) is 12.1 Å². The third kappa shape index (κ3) is 2.14. The fourth-order valence-corrected chi connectivity index (χ4v) is 2.90. The van der Waals surface area contributed by atoms with Crippen LogP contribution >= 0.6 is 23.2 Å². The Hall–Kier alpha value is -1.09. The summed E-state index contributed by atoms with van der Waals surface area (Å²) in [5, 5.41) is 0.654. The first-order valence-electron chi connectivity index (χ1n) is 5.91. The van der Waals surface area contributed by atoms with Gasteiger partial charge >= 0.3 is 0 Å². The Morgan fingerprint density at radius 2 is 1.79 bits per heavy atom. The molecule has 0 aliphatic carbocycles. The molecule has 1 saturated heterocycles. The molecule has 98 valence electrons. The van der Waals surface area contributed by atoms with E-state index < -0.39 is 5.60 Å². The average molecular weight is 297 g/mol. The lowest BCUT2D eigenvalue weighted by atomic mass is 9.93. The highest BCUT2D eigenvalue weighted by Crippen LogP contribution is 2.58. The molecular weight excluding hydrogens is 286 g/mol. The normalized spacial score (nSPS) is 25.3. The van der Waals surface area contributed by atoms with Crippen LogP contribution in [0.1, 0.15) is 17.2 Å². The number of hydrogen-bond acceptors (Lipinski definition) is 1. The lowest BCUT2D eigenvalue weighted by Gasteiger charge is -2.10. The van der Waals surface area contributed by atoms with E-state index in [9.17, 15) is 4.39 Å². The zero-order valence-corrected chi connectivity index (χ0v) is 11.5. The zero-order chi connectivity index (χ0) is 13.5. The quantitative estimate of drug-likeness (QED) is 0.591. The maximum Gasteiger partial charge on any atom is 0.138 e. The lowest BCUT2D eigenvalue weighted by molar-refractivity contribution is 0.316. The van der Waals surface area contributed by atoms with Crippen LogP contribution in [-0.2, 0) is 10.3 Å². The Morgan fingerprint density at radius 3 is 2.42 bits per heavy atom. The predicted octanol–water partition coefficient (Wildman–Crippen LogP) is 4.68. The minimum absolute atomic E-state index is 0.177. The van der Waals surface area contributed by atoms with Crippen LogP contribution in [0.25, 0.3) is 0 Å². The van der Waals surface area contributed by atoms with Crippen molar-refractivity contribution in [2.24, 2.45) is 0 Å². The molecule has 0 radical (unpaired) electrons. The molecule has 0 aromatic heterocycles. The van der Waals surface area contributed by atoms with Gasteiger partial charge in [0, 0.05) is 10.6 Å². The fourth-order valence-electron chi connectivity index (χ4n) is 2.31. The average Bonchev–Trinajstić information content (AvgIpc) is 3.16. The second kappa shape index (κ2) is 4.78. The highest BCUT2D eigenvalue weighted by Gasteiger charge is 2.58.